The third kappa shape index (κ3) is 5.21. The van der Waals surface area contributed by atoms with Crippen LogP contribution in [-0.4, -0.2) is 49.1 Å². The Hall–Kier alpha value is -1.26. The zero-order valence-corrected chi connectivity index (χ0v) is 13.7. The van der Waals surface area contributed by atoms with Gasteiger partial charge in [-0.05, 0) is 6.07 Å². The summed E-state index contributed by atoms with van der Waals surface area (Å²) in [5, 5.41) is 3.05. The van der Waals surface area contributed by atoms with Crippen LogP contribution in [0, 0.1) is 0 Å². The summed E-state index contributed by atoms with van der Waals surface area (Å²) in [6.07, 6.45) is -4.46. The molecule has 0 saturated heterocycles. The van der Waals surface area contributed by atoms with E-state index in [-0.39, 0.29) is 36.5 Å². The topological polar surface area (TPSA) is 49.8 Å². The number of aromatic nitrogens is 1. The van der Waals surface area contributed by atoms with Gasteiger partial charge in [0, 0.05) is 19.7 Å². The van der Waals surface area contributed by atoms with E-state index in [0.29, 0.717) is 6.54 Å². The number of hydrogen-bond donors (Lipinski definition) is 1. The number of guanidine groups is 1. The van der Waals surface area contributed by atoms with Crippen LogP contribution >= 0.6 is 24.0 Å². The lowest BCUT2D eigenvalue weighted by Gasteiger charge is -2.15. The van der Waals surface area contributed by atoms with Crippen molar-refractivity contribution in [3.05, 3.63) is 23.9 Å². The standard InChI is InChI=1S/C12H15F3N4O.HI/c1-19-7-5-16-11(19)17-6-8-20-10-4-2-3-9(18-10)12(13,14)15;/h2-4H,5-8H2,1H3,(H,16,17);1H. The molecule has 1 aromatic heterocycles. The molecule has 0 amide bonds. The molecule has 2 rings (SSSR count). The lowest BCUT2D eigenvalue weighted by atomic mass is 10.3. The molecule has 21 heavy (non-hydrogen) atoms. The number of nitrogens with zero attached hydrogens (tertiary/aromatic N) is 3. The van der Waals surface area contributed by atoms with Crippen molar-refractivity contribution < 1.29 is 17.9 Å². The van der Waals surface area contributed by atoms with Gasteiger partial charge < -0.3 is 15.0 Å². The molecule has 1 aliphatic rings. The quantitative estimate of drug-likeness (QED) is 0.603. The van der Waals surface area contributed by atoms with E-state index in [0.717, 1.165) is 25.1 Å². The molecule has 118 valence electrons. The van der Waals surface area contributed by atoms with Crippen molar-refractivity contribution in [3.63, 3.8) is 0 Å². The van der Waals surface area contributed by atoms with E-state index < -0.39 is 11.9 Å². The smallest absolute Gasteiger partial charge is 0.433 e. The first-order valence-electron chi connectivity index (χ1n) is 6.13. The van der Waals surface area contributed by atoms with E-state index in [4.69, 9.17) is 4.74 Å². The number of alkyl halides is 3. The van der Waals surface area contributed by atoms with Crippen LogP contribution in [-0.2, 0) is 6.18 Å². The number of rotatable bonds is 4. The zero-order chi connectivity index (χ0) is 14.6. The molecular weight excluding hydrogens is 400 g/mol. The molecule has 0 atom stereocenters. The van der Waals surface area contributed by atoms with Gasteiger partial charge in [0.2, 0.25) is 5.88 Å². The van der Waals surface area contributed by atoms with E-state index in [1.807, 2.05) is 11.9 Å². The number of hydrogen-bond acceptors (Lipinski definition) is 5. The normalized spacial score (nSPS) is 14.5. The van der Waals surface area contributed by atoms with Gasteiger partial charge in [0.15, 0.2) is 5.96 Å². The summed E-state index contributed by atoms with van der Waals surface area (Å²) in [7, 11) is 1.91. The molecule has 0 fully saturated rings. The monoisotopic (exact) mass is 416 g/mol. The zero-order valence-electron chi connectivity index (χ0n) is 11.4. The second-order valence-corrected chi connectivity index (χ2v) is 4.26. The van der Waals surface area contributed by atoms with Crippen LogP contribution in [0.5, 0.6) is 5.88 Å². The average Bonchev–Trinajstić information content (AvgIpc) is 2.80. The molecule has 0 bridgehead atoms. The van der Waals surface area contributed by atoms with Crippen molar-refractivity contribution in [2.24, 2.45) is 4.99 Å². The summed E-state index contributed by atoms with van der Waals surface area (Å²) in [6.45, 7) is 2.26. The number of aliphatic imine (C=N–C) groups is 1. The number of likely N-dealkylation sites (N-methyl/N-ethyl adjacent to an activating group) is 1. The molecule has 0 unspecified atom stereocenters. The molecule has 5 nitrogen and oxygen atoms in total. The van der Waals surface area contributed by atoms with Crippen molar-refractivity contribution in [1.29, 1.82) is 0 Å². The van der Waals surface area contributed by atoms with Crippen molar-refractivity contribution in [2.45, 2.75) is 6.18 Å². The minimum atomic E-state index is -4.46. The van der Waals surface area contributed by atoms with E-state index in [2.05, 4.69) is 15.3 Å². The predicted octanol–water partition coefficient (Wildman–Crippen LogP) is 1.99. The molecule has 0 spiro atoms. The Morgan fingerprint density at radius 1 is 1.38 bits per heavy atom. The number of halogens is 4. The highest BCUT2D eigenvalue weighted by molar-refractivity contribution is 14.0. The molecule has 9 heteroatoms. The van der Waals surface area contributed by atoms with E-state index in [9.17, 15) is 13.2 Å². The Labute approximate surface area is 137 Å². The lowest BCUT2D eigenvalue weighted by molar-refractivity contribution is -0.141. The first-order valence-corrected chi connectivity index (χ1v) is 6.13. The third-order valence-corrected chi connectivity index (χ3v) is 2.71. The highest BCUT2D eigenvalue weighted by atomic mass is 127. The molecule has 0 aliphatic carbocycles. The van der Waals surface area contributed by atoms with E-state index in [1.165, 1.54) is 12.1 Å². The number of nitrogens with one attached hydrogen (secondary N) is 1. The van der Waals surface area contributed by atoms with Gasteiger partial charge in [0.05, 0.1) is 13.1 Å². The van der Waals surface area contributed by atoms with Gasteiger partial charge in [-0.1, -0.05) is 6.07 Å². The summed E-state index contributed by atoms with van der Waals surface area (Å²) in [5.74, 6) is 0.731. The maximum Gasteiger partial charge on any atom is 0.433 e. The SMILES string of the molecule is CN1CCN=C1NCCOc1cccc(C(F)(F)F)n1.I. The maximum absolute atomic E-state index is 12.5. The Kier molecular flexibility index (Phi) is 6.49. The van der Waals surface area contributed by atoms with Crippen LogP contribution in [0.25, 0.3) is 0 Å². The van der Waals surface area contributed by atoms with Crippen molar-refractivity contribution in [3.8, 4) is 5.88 Å². The first-order chi connectivity index (χ1) is 9.47. The summed E-state index contributed by atoms with van der Waals surface area (Å²) < 4.78 is 42.5. The van der Waals surface area contributed by atoms with Gasteiger partial charge in [0.25, 0.3) is 0 Å². The van der Waals surface area contributed by atoms with Crippen molar-refractivity contribution >= 4 is 29.9 Å². The molecule has 0 radical (unpaired) electrons. The summed E-state index contributed by atoms with van der Waals surface area (Å²) in [4.78, 5) is 9.59. The Morgan fingerprint density at radius 3 is 2.76 bits per heavy atom. The van der Waals surface area contributed by atoms with Gasteiger partial charge >= 0.3 is 6.18 Å². The van der Waals surface area contributed by atoms with Crippen LogP contribution in [0.4, 0.5) is 13.2 Å². The molecular formula is C12H16F3IN4O. The van der Waals surface area contributed by atoms with E-state index in [1.54, 1.807) is 0 Å². The fraction of sp³-hybridized carbons (Fsp3) is 0.500. The molecule has 0 saturated carbocycles. The van der Waals surface area contributed by atoms with Gasteiger partial charge in [0.1, 0.15) is 12.3 Å². The highest BCUT2D eigenvalue weighted by Crippen LogP contribution is 2.28. The average molecular weight is 416 g/mol. The van der Waals surface area contributed by atoms with Gasteiger partial charge in [-0.3, -0.25) is 4.99 Å². The number of pyridine rings is 1. The summed E-state index contributed by atoms with van der Waals surface area (Å²) in [5.41, 5.74) is -0.956. The second-order valence-electron chi connectivity index (χ2n) is 4.26. The summed E-state index contributed by atoms with van der Waals surface area (Å²) >= 11 is 0. The molecule has 0 aromatic carbocycles. The highest BCUT2D eigenvalue weighted by Gasteiger charge is 2.32. The van der Waals surface area contributed by atoms with Gasteiger partial charge in [-0.15, -0.1) is 24.0 Å². The van der Waals surface area contributed by atoms with Crippen LogP contribution in [0.1, 0.15) is 5.69 Å². The van der Waals surface area contributed by atoms with Gasteiger partial charge in [-0.25, -0.2) is 4.98 Å². The van der Waals surface area contributed by atoms with Crippen LogP contribution in [0.3, 0.4) is 0 Å². The van der Waals surface area contributed by atoms with Crippen molar-refractivity contribution in [1.82, 2.24) is 15.2 Å². The molecule has 1 aromatic rings. The molecule has 2 heterocycles. The third-order valence-electron chi connectivity index (χ3n) is 2.71. The minimum Gasteiger partial charge on any atom is -0.476 e. The van der Waals surface area contributed by atoms with Gasteiger partial charge in [-0.2, -0.15) is 13.2 Å². The number of ether oxygens (including phenoxy) is 1. The minimum absolute atomic E-state index is 0. The Morgan fingerprint density at radius 2 is 2.14 bits per heavy atom. The first kappa shape index (κ1) is 17.8. The van der Waals surface area contributed by atoms with Crippen molar-refractivity contribution in [2.75, 3.05) is 33.3 Å². The fourth-order valence-corrected chi connectivity index (χ4v) is 1.69. The summed E-state index contributed by atoms with van der Waals surface area (Å²) in [6, 6.07) is 3.58. The second kappa shape index (κ2) is 7.66. The predicted molar refractivity (Wildman–Crippen MR) is 83.1 cm³/mol. The Balaban J connectivity index is 0.00000220. The van der Waals surface area contributed by atoms with Crippen LogP contribution in [0.2, 0.25) is 0 Å². The van der Waals surface area contributed by atoms with Crippen LogP contribution < -0.4 is 10.1 Å². The van der Waals surface area contributed by atoms with Crippen LogP contribution in [0.15, 0.2) is 23.2 Å². The molecule has 1 N–H and O–H groups in total. The Bertz CT molecular complexity index is 496. The lowest BCUT2D eigenvalue weighted by Crippen LogP contribution is -2.37. The largest absolute Gasteiger partial charge is 0.476 e. The fourth-order valence-electron chi connectivity index (χ4n) is 1.69. The maximum atomic E-state index is 12.5. The van der Waals surface area contributed by atoms with E-state index >= 15 is 0 Å². The molecule has 1 aliphatic heterocycles.